The van der Waals surface area contributed by atoms with Crippen LogP contribution in [0, 0.1) is 10.1 Å². The van der Waals surface area contributed by atoms with Gasteiger partial charge < -0.3 is 15.4 Å². The summed E-state index contributed by atoms with van der Waals surface area (Å²) in [6.07, 6.45) is 0. The number of hydrogen-bond acceptors (Lipinski definition) is 6. The largest absolute Gasteiger partial charge is 0.452 e. The lowest BCUT2D eigenvalue weighted by molar-refractivity contribution is -0.384. The Morgan fingerprint density at radius 1 is 1.00 bits per heavy atom. The molecule has 0 bridgehead atoms. The van der Waals surface area contributed by atoms with Gasteiger partial charge in [-0.05, 0) is 30.7 Å². The van der Waals surface area contributed by atoms with Crippen molar-refractivity contribution in [2.75, 3.05) is 11.9 Å². The summed E-state index contributed by atoms with van der Waals surface area (Å²) in [5.41, 5.74) is 0.800. The second-order valence-corrected chi connectivity index (χ2v) is 7.60. The van der Waals surface area contributed by atoms with E-state index in [-0.39, 0.29) is 33.6 Å². The molecule has 0 aliphatic heterocycles. The Balaban J connectivity index is 1.64. The van der Waals surface area contributed by atoms with Gasteiger partial charge in [-0.25, -0.2) is 4.79 Å². The van der Waals surface area contributed by atoms with Crippen LogP contribution in [0.15, 0.2) is 72.8 Å². The first-order chi connectivity index (χ1) is 16.3. The monoisotopic (exact) mass is 481 g/mol. The minimum absolute atomic E-state index is 0.0504. The first-order valence-corrected chi connectivity index (χ1v) is 10.5. The minimum Gasteiger partial charge on any atom is -0.452 e. The first kappa shape index (κ1) is 24.4. The number of ether oxygens (including phenoxy) is 1. The fourth-order valence-corrected chi connectivity index (χ4v) is 3.26. The van der Waals surface area contributed by atoms with Gasteiger partial charge in [-0.2, -0.15) is 0 Å². The Kier molecular flexibility index (Phi) is 7.94. The molecule has 3 rings (SSSR count). The molecule has 1 atom stereocenters. The number of nitrogens with zero attached hydrogens (tertiary/aromatic N) is 1. The highest BCUT2D eigenvalue weighted by molar-refractivity contribution is 6.33. The fourth-order valence-electron chi connectivity index (χ4n) is 3.07. The lowest BCUT2D eigenvalue weighted by Gasteiger charge is -2.16. The highest BCUT2D eigenvalue weighted by Crippen LogP contribution is 2.23. The molecule has 2 amide bonds. The fraction of sp³-hybridized carbons (Fsp3) is 0.125. The molecule has 0 saturated heterocycles. The SMILES string of the molecule is CC(NC(=O)c1ccccc1NC(=O)COC(=O)c1cc([N+](=O)[O-])ccc1Cl)c1ccccc1. The van der Waals surface area contributed by atoms with Crippen molar-refractivity contribution in [1.29, 1.82) is 0 Å². The van der Waals surface area contributed by atoms with E-state index < -0.39 is 29.3 Å². The van der Waals surface area contributed by atoms with Crippen molar-refractivity contribution < 1.29 is 24.0 Å². The summed E-state index contributed by atoms with van der Waals surface area (Å²) in [6, 6.07) is 18.8. The molecule has 0 saturated carbocycles. The van der Waals surface area contributed by atoms with Crippen LogP contribution in [0.4, 0.5) is 11.4 Å². The molecule has 0 spiro atoms. The maximum absolute atomic E-state index is 12.8. The zero-order valence-corrected chi connectivity index (χ0v) is 18.7. The Morgan fingerprint density at radius 3 is 2.38 bits per heavy atom. The van der Waals surface area contributed by atoms with Gasteiger partial charge in [0.2, 0.25) is 0 Å². The van der Waals surface area contributed by atoms with E-state index in [1.807, 2.05) is 37.3 Å². The smallest absolute Gasteiger partial charge is 0.340 e. The molecule has 9 nitrogen and oxygen atoms in total. The number of amides is 2. The number of esters is 1. The number of carbonyl (C=O) groups excluding carboxylic acids is 3. The molecular weight excluding hydrogens is 462 g/mol. The zero-order chi connectivity index (χ0) is 24.7. The first-order valence-electron chi connectivity index (χ1n) is 10.1. The van der Waals surface area contributed by atoms with E-state index in [1.54, 1.807) is 24.3 Å². The van der Waals surface area contributed by atoms with Crippen LogP contribution in [0.3, 0.4) is 0 Å². The van der Waals surface area contributed by atoms with Crippen LogP contribution >= 0.6 is 11.6 Å². The molecule has 34 heavy (non-hydrogen) atoms. The molecule has 3 aromatic rings. The quantitative estimate of drug-likeness (QED) is 0.276. The summed E-state index contributed by atoms with van der Waals surface area (Å²) in [6.45, 7) is 1.15. The van der Waals surface area contributed by atoms with E-state index >= 15 is 0 Å². The molecule has 10 heteroatoms. The third-order valence-corrected chi connectivity index (χ3v) is 5.14. The van der Waals surface area contributed by atoms with Crippen LogP contribution < -0.4 is 10.6 Å². The van der Waals surface area contributed by atoms with Gasteiger partial charge in [-0.15, -0.1) is 0 Å². The highest BCUT2D eigenvalue weighted by atomic mass is 35.5. The van der Waals surface area contributed by atoms with Crippen LogP contribution in [0.1, 0.15) is 39.2 Å². The topological polar surface area (TPSA) is 128 Å². The van der Waals surface area contributed by atoms with Crippen molar-refractivity contribution in [2.24, 2.45) is 0 Å². The number of nitro benzene ring substituents is 1. The standard InChI is InChI=1S/C24H20ClN3O6/c1-15(16-7-3-2-4-8-16)26-23(30)18-9-5-6-10-21(18)27-22(29)14-34-24(31)19-13-17(28(32)33)11-12-20(19)25/h2-13,15H,14H2,1H3,(H,26,30)(H,27,29). The summed E-state index contributed by atoms with van der Waals surface area (Å²) in [5.74, 6) is -2.09. The predicted octanol–water partition coefficient (Wildman–Crippen LogP) is 4.53. The molecule has 2 N–H and O–H groups in total. The molecular formula is C24H20ClN3O6. The van der Waals surface area contributed by atoms with Crippen LogP contribution in [-0.2, 0) is 9.53 Å². The number of non-ortho nitro benzene ring substituents is 1. The maximum atomic E-state index is 12.8. The number of para-hydroxylation sites is 1. The molecule has 0 aromatic heterocycles. The number of nitro groups is 1. The second kappa shape index (κ2) is 11.1. The molecule has 174 valence electrons. The number of anilines is 1. The lowest BCUT2D eigenvalue weighted by atomic mass is 10.1. The average Bonchev–Trinajstić information content (AvgIpc) is 2.83. The second-order valence-electron chi connectivity index (χ2n) is 7.20. The van der Waals surface area contributed by atoms with Crippen LogP contribution in [-0.4, -0.2) is 29.3 Å². The van der Waals surface area contributed by atoms with E-state index in [2.05, 4.69) is 10.6 Å². The zero-order valence-electron chi connectivity index (χ0n) is 18.0. The minimum atomic E-state index is -0.994. The Bertz CT molecular complexity index is 1230. The Hall–Kier alpha value is -4.24. The van der Waals surface area contributed by atoms with E-state index in [9.17, 15) is 24.5 Å². The van der Waals surface area contributed by atoms with Gasteiger partial charge in [0.25, 0.3) is 17.5 Å². The van der Waals surface area contributed by atoms with E-state index in [1.165, 1.54) is 6.07 Å². The van der Waals surface area contributed by atoms with Crippen molar-refractivity contribution in [3.63, 3.8) is 0 Å². The number of halogens is 1. The summed E-state index contributed by atoms with van der Waals surface area (Å²) < 4.78 is 4.94. The van der Waals surface area contributed by atoms with Gasteiger partial charge in [0, 0.05) is 12.1 Å². The van der Waals surface area contributed by atoms with Gasteiger partial charge >= 0.3 is 5.97 Å². The number of carbonyl (C=O) groups is 3. The van der Waals surface area contributed by atoms with Crippen molar-refractivity contribution in [3.8, 4) is 0 Å². The number of hydrogen-bond donors (Lipinski definition) is 2. The lowest BCUT2D eigenvalue weighted by Crippen LogP contribution is -2.28. The molecule has 0 heterocycles. The van der Waals surface area contributed by atoms with Gasteiger partial charge in [0.1, 0.15) is 0 Å². The van der Waals surface area contributed by atoms with Crippen molar-refractivity contribution in [2.45, 2.75) is 13.0 Å². The van der Waals surface area contributed by atoms with Gasteiger partial charge in [-0.1, -0.05) is 54.1 Å². The summed E-state index contributed by atoms with van der Waals surface area (Å²) in [7, 11) is 0. The molecule has 0 fully saturated rings. The summed E-state index contributed by atoms with van der Waals surface area (Å²) in [4.78, 5) is 47.6. The normalized spacial score (nSPS) is 11.2. The number of rotatable bonds is 8. The number of nitrogens with one attached hydrogen (secondary N) is 2. The van der Waals surface area contributed by atoms with E-state index in [0.717, 1.165) is 17.7 Å². The van der Waals surface area contributed by atoms with Crippen LogP contribution in [0.2, 0.25) is 5.02 Å². The summed E-state index contributed by atoms with van der Waals surface area (Å²) in [5, 5.41) is 16.3. The molecule has 0 radical (unpaired) electrons. The molecule has 0 aliphatic carbocycles. The third kappa shape index (κ3) is 6.17. The van der Waals surface area contributed by atoms with Crippen molar-refractivity contribution >= 4 is 40.8 Å². The van der Waals surface area contributed by atoms with Gasteiger partial charge in [0.05, 0.1) is 32.8 Å². The summed E-state index contributed by atoms with van der Waals surface area (Å²) >= 11 is 5.91. The molecule has 3 aromatic carbocycles. The van der Waals surface area contributed by atoms with Crippen LogP contribution in [0.5, 0.6) is 0 Å². The predicted molar refractivity (Wildman–Crippen MR) is 126 cm³/mol. The highest BCUT2D eigenvalue weighted by Gasteiger charge is 2.20. The average molecular weight is 482 g/mol. The van der Waals surface area contributed by atoms with E-state index in [0.29, 0.717) is 0 Å². The van der Waals surface area contributed by atoms with Crippen LogP contribution in [0.25, 0.3) is 0 Å². The van der Waals surface area contributed by atoms with E-state index in [4.69, 9.17) is 16.3 Å². The van der Waals surface area contributed by atoms with Gasteiger partial charge in [-0.3, -0.25) is 19.7 Å². The van der Waals surface area contributed by atoms with Crippen molar-refractivity contribution in [1.82, 2.24) is 5.32 Å². The van der Waals surface area contributed by atoms with Crippen molar-refractivity contribution in [3.05, 3.63) is 105 Å². The Morgan fingerprint density at radius 2 is 1.68 bits per heavy atom. The third-order valence-electron chi connectivity index (χ3n) is 4.81. The number of benzene rings is 3. The Labute approximate surface area is 199 Å². The van der Waals surface area contributed by atoms with Gasteiger partial charge in [0.15, 0.2) is 6.61 Å². The maximum Gasteiger partial charge on any atom is 0.340 e. The molecule has 0 aliphatic rings. The molecule has 1 unspecified atom stereocenters.